The van der Waals surface area contributed by atoms with Gasteiger partial charge in [-0.05, 0) is 37.2 Å². The second-order valence-electron chi connectivity index (χ2n) is 3.59. The van der Waals surface area contributed by atoms with Crippen LogP contribution in [-0.2, 0) is 9.53 Å². The summed E-state index contributed by atoms with van der Waals surface area (Å²) in [6.45, 7) is 2.11. The van der Waals surface area contributed by atoms with Crippen molar-refractivity contribution < 1.29 is 9.53 Å². The number of ether oxygens (including phenoxy) is 1. The van der Waals surface area contributed by atoms with Gasteiger partial charge in [-0.3, -0.25) is 5.41 Å². The molecule has 0 unspecified atom stereocenters. The van der Waals surface area contributed by atoms with Crippen molar-refractivity contribution in [1.29, 1.82) is 5.41 Å². The van der Waals surface area contributed by atoms with Crippen LogP contribution in [0.1, 0.15) is 19.8 Å². The second-order valence-corrected chi connectivity index (χ2v) is 3.59. The predicted octanol–water partition coefficient (Wildman–Crippen LogP) is 1.54. The third-order valence-electron chi connectivity index (χ3n) is 2.73. The van der Waals surface area contributed by atoms with Crippen molar-refractivity contribution in [3.63, 3.8) is 0 Å². The van der Waals surface area contributed by atoms with Crippen LogP contribution >= 0.6 is 0 Å². The monoisotopic (exact) mass is 179 g/mol. The standard InChI is InChI=1S/C10H13NO2/c1-2-13-10(12)9(11)7-4-3-6-5-8(6)7/h4,6,8,11H,2-3,5H2,1H3/t6-,8+/m0/s1. The molecule has 0 amide bonds. The molecule has 0 saturated heterocycles. The normalized spacial score (nSPS) is 29.2. The minimum atomic E-state index is -0.471. The average molecular weight is 179 g/mol. The topological polar surface area (TPSA) is 50.2 Å². The number of hydrogen-bond donors (Lipinski definition) is 1. The zero-order chi connectivity index (χ0) is 9.42. The van der Waals surface area contributed by atoms with Gasteiger partial charge in [-0.15, -0.1) is 0 Å². The number of rotatable bonds is 3. The summed E-state index contributed by atoms with van der Waals surface area (Å²) in [5.74, 6) is 0.753. The zero-order valence-corrected chi connectivity index (χ0v) is 7.67. The number of carbonyl (C=O) groups excluding carboxylic acids is 1. The van der Waals surface area contributed by atoms with Gasteiger partial charge in [0.2, 0.25) is 0 Å². The highest BCUT2D eigenvalue weighted by Crippen LogP contribution is 2.52. The lowest BCUT2D eigenvalue weighted by atomic mass is 10.1. The first-order valence-electron chi connectivity index (χ1n) is 4.70. The summed E-state index contributed by atoms with van der Waals surface area (Å²) in [5, 5.41) is 7.61. The molecule has 1 N–H and O–H groups in total. The average Bonchev–Trinajstić information content (AvgIpc) is 2.78. The fraction of sp³-hybridized carbons (Fsp3) is 0.600. The van der Waals surface area contributed by atoms with Crippen LogP contribution in [0.3, 0.4) is 0 Å². The van der Waals surface area contributed by atoms with E-state index in [1.165, 1.54) is 0 Å². The SMILES string of the molecule is CCOC(=O)C(=N)C1=CC[C@H]2C[C@@H]12. The van der Waals surface area contributed by atoms with Gasteiger partial charge in [-0.2, -0.15) is 0 Å². The van der Waals surface area contributed by atoms with Gasteiger partial charge in [-0.1, -0.05) is 6.08 Å². The van der Waals surface area contributed by atoms with E-state index >= 15 is 0 Å². The largest absolute Gasteiger partial charge is 0.461 e. The molecule has 0 heterocycles. The molecule has 0 aromatic heterocycles. The Kier molecular flexibility index (Phi) is 1.94. The molecule has 70 valence electrons. The Balaban J connectivity index is 2.00. The molecule has 1 saturated carbocycles. The smallest absolute Gasteiger partial charge is 0.356 e. The lowest BCUT2D eigenvalue weighted by molar-refractivity contribution is -0.135. The fourth-order valence-corrected chi connectivity index (χ4v) is 1.93. The van der Waals surface area contributed by atoms with Crippen molar-refractivity contribution in [3.05, 3.63) is 11.6 Å². The van der Waals surface area contributed by atoms with E-state index in [2.05, 4.69) is 0 Å². The van der Waals surface area contributed by atoms with Crippen molar-refractivity contribution in [2.45, 2.75) is 19.8 Å². The lowest BCUT2D eigenvalue weighted by Gasteiger charge is -2.04. The summed E-state index contributed by atoms with van der Waals surface area (Å²) >= 11 is 0. The summed E-state index contributed by atoms with van der Waals surface area (Å²) in [7, 11) is 0. The van der Waals surface area contributed by atoms with E-state index in [9.17, 15) is 4.79 Å². The highest BCUT2D eigenvalue weighted by molar-refractivity contribution is 6.42. The number of nitrogens with one attached hydrogen (secondary N) is 1. The van der Waals surface area contributed by atoms with Gasteiger partial charge in [0.1, 0.15) is 5.71 Å². The van der Waals surface area contributed by atoms with Crippen molar-refractivity contribution >= 4 is 11.7 Å². The highest BCUT2D eigenvalue weighted by Gasteiger charge is 2.45. The number of carbonyl (C=O) groups is 1. The van der Waals surface area contributed by atoms with Crippen LogP contribution in [0.2, 0.25) is 0 Å². The molecule has 0 aromatic rings. The van der Waals surface area contributed by atoms with Crippen molar-refractivity contribution in [2.75, 3.05) is 6.61 Å². The molecule has 1 fully saturated rings. The third kappa shape index (κ3) is 1.39. The molecule has 3 nitrogen and oxygen atoms in total. The van der Waals surface area contributed by atoms with Gasteiger partial charge in [-0.25, -0.2) is 4.79 Å². The summed E-state index contributed by atoms with van der Waals surface area (Å²) < 4.78 is 4.78. The van der Waals surface area contributed by atoms with Crippen molar-refractivity contribution in [2.24, 2.45) is 11.8 Å². The second kappa shape index (κ2) is 2.98. The third-order valence-corrected chi connectivity index (χ3v) is 2.73. The van der Waals surface area contributed by atoms with E-state index in [0.29, 0.717) is 12.5 Å². The van der Waals surface area contributed by atoms with E-state index in [0.717, 1.165) is 24.3 Å². The maximum Gasteiger partial charge on any atom is 0.356 e. The Morgan fingerprint density at radius 2 is 2.54 bits per heavy atom. The molecule has 3 heteroatoms. The minimum Gasteiger partial charge on any atom is -0.461 e. The molecule has 2 aliphatic rings. The Labute approximate surface area is 77.3 Å². The van der Waals surface area contributed by atoms with Crippen LogP contribution in [0.25, 0.3) is 0 Å². The van der Waals surface area contributed by atoms with E-state index in [4.69, 9.17) is 10.1 Å². The minimum absolute atomic E-state index is 0.0758. The van der Waals surface area contributed by atoms with Crippen molar-refractivity contribution in [1.82, 2.24) is 0 Å². The Morgan fingerprint density at radius 3 is 3.00 bits per heavy atom. The summed E-state index contributed by atoms with van der Waals surface area (Å²) in [5.41, 5.74) is 0.996. The molecular formula is C10H13NO2. The Morgan fingerprint density at radius 1 is 1.77 bits per heavy atom. The van der Waals surface area contributed by atoms with Crippen LogP contribution in [-0.4, -0.2) is 18.3 Å². The predicted molar refractivity (Wildman–Crippen MR) is 48.7 cm³/mol. The number of hydrogen-bond acceptors (Lipinski definition) is 3. The number of allylic oxidation sites excluding steroid dienone is 1. The fourth-order valence-electron chi connectivity index (χ4n) is 1.93. The Bertz CT molecular complexity index is 293. The van der Waals surface area contributed by atoms with E-state index in [1.54, 1.807) is 6.92 Å². The number of esters is 1. The van der Waals surface area contributed by atoms with Gasteiger partial charge in [0.15, 0.2) is 0 Å². The molecule has 2 rings (SSSR count). The number of fused-ring (bicyclic) bond motifs is 1. The zero-order valence-electron chi connectivity index (χ0n) is 7.67. The van der Waals surface area contributed by atoms with Gasteiger partial charge >= 0.3 is 5.97 Å². The van der Waals surface area contributed by atoms with Crippen molar-refractivity contribution in [3.8, 4) is 0 Å². The summed E-state index contributed by atoms with van der Waals surface area (Å²) in [6.07, 6.45) is 4.22. The quantitative estimate of drug-likeness (QED) is 0.527. The van der Waals surface area contributed by atoms with Crippen LogP contribution in [0.4, 0.5) is 0 Å². The van der Waals surface area contributed by atoms with E-state index in [-0.39, 0.29) is 5.71 Å². The van der Waals surface area contributed by atoms with Crippen LogP contribution < -0.4 is 0 Å². The molecule has 0 aromatic carbocycles. The molecule has 0 bridgehead atoms. The molecule has 0 radical (unpaired) electrons. The van der Waals surface area contributed by atoms with E-state index < -0.39 is 5.97 Å². The van der Waals surface area contributed by atoms with Crippen LogP contribution in [0.15, 0.2) is 11.6 Å². The van der Waals surface area contributed by atoms with Crippen LogP contribution in [0, 0.1) is 17.2 Å². The molecule has 2 aliphatic carbocycles. The molecular weight excluding hydrogens is 166 g/mol. The molecule has 2 atom stereocenters. The summed E-state index contributed by atoms with van der Waals surface area (Å²) in [6, 6.07) is 0. The molecule has 13 heavy (non-hydrogen) atoms. The van der Waals surface area contributed by atoms with Gasteiger partial charge in [0, 0.05) is 0 Å². The maximum absolute atomic E-state index is 11.2. The first-order valence-corrected chi connectivity index (χ1v) is 4.70. The first-order chi connectivity index (χ1) is 6.24. The van der Waals surface area contributed by atoms with Crippen LogP contribution in [0.5, 0.6) is 0 Å². The van der Waals surface area contributed by atoms with E-state index in [1.807, 2.05) is 6.08 Å². The highest BCUT2D eigenvalue weighted by atomic mass is 16.5. The molecule has 0 aliphatic heterocycles. The van der Waals surface area contributed by atoms with Gasteiger partial charge in [0.25, 0.3) is 0 Å². The summed E-state index contributed by atoms with van der Waals surface area (Å²) in [4.78, 5) is 11.2. The lowest BCUT2D eigenvalue weighted by Crippen LogP contribution is -2.19. The van der Waals surface area contributed by atoms with Gasteiger partial charge in [0.05, 0.1) is 6.61 Å². The maximum atomic E-state index is 11.2. The molecule has 0 spiro atoms. The van der Waals surface area contributed by atoms with Gasteiger partial charge < -0.3 is 4.74 Å². The Hall–Kier alpha value is -1.12. The first kappa shape index (κ1) is 8.48.